The second kappa shape index (κ2) is 8.95. The lowest BCUT2D eigenvalue weighted by molar-refractivity contribution is -0.121. The van der Waals surface area contributed by atoms with Crippen LogP contribution < -0.4 is 5.32 Å². The summed E-state index contributed by atoms with van der Waals surface area (Å²) in [6.07, 6.45) is 2.43. The Labute approximate surface area is 176 Å². The van der Waals surface area contributed by atoms with Crippen molar-refractivity contribution in [3.05, 3.63) is 108 Å². The molecule has 0 radical (unpaired) electrons. The molecule has 0 fully saturated rings. The smallest absolute Gasteiger partial charge is 0.221 e. The van der Waals surface area contributed by atoms with Crippen molar-refractivity contribution in [3.8, 4) is 0 Å². The topological polar surface area (TPSA) is 34.0 Å². The third-order valence-corrected chi connectivity index (χ3v) is 5.53. The molecule has 0 spiro atoms. The summed E-state index contributed by atoms with van der Waals surface area (Å²) in [6, 6.07) is 24.6. The van der Waals surface area contributed by atoms with Crippen LogP contribution in [0.3, 0.4) is 0 Å². The van der Waals surface area contributed by atoms with Crippen LogP contribution in [0.25, 0.3) is 10.9 Å². The Morgan fingerprint density at radius 1 is 0.967 bits per heavy atom. The van der Waals surface area contributed by atoms with Crippen molar-refractivity contribution in [1.29, 1.82) is 0 Å². The average molecular weight is 400 g/mol. The number of carbonyl (C=O) groups is 1. The second-order valence-electron chi connectivity index (χ2n) is 7.46. The van der Waals surface area contributed by atoms with Gasteiger partial charge in [-0.25, -0.2) is 4.39 Å². The van der Waals surface area contributed by atoms with Crippen molar-refractivity contribution in [2.45, 2.75) is 32.4 Å². The largest absolute Gasteiger partial charge is 0.352 e. The number of rotatable bonds is 7. The van der Waals surface area contributed by atoms with E-state index in [4.69, 9.17) is 0 Å². The van der Waals surface area contributed by atoms with E-state index < -0.39 is 0 Å². The molecule has 1 atom stereocenters. The van der Waals surface area contributed by atoms with Gasteiger partial charge >= 0.3 is 0 Å². The van der Waals surface area contributed by atoms with Gasteiger partial charge in [-0.2, -0.15) is 0 Å². The van der Waals surface area contributed by atoms with Crippen molar-refractivity contribution in [1.82, 2.24) is 9.88 Å². The summed E-state index contributed by atoms with van der Waals surface area (Å²) in [5, 5.41) is 4.16. The highest BCUT2D eigenvalue weighted by Crippen LogP contribution is 2.35. The van der Waals surface area contributed by atoms with Gasteiger partial charge in [0.05, 0.1) is 0 Å². The van der Waals surface area contributed by atoms with Crippen LogP contribution in [0.15, 0.2) is 85.1 Å². The molecule has 0 aliphatic heterocycles. The zero-order valence-electron chi connectivity index (χ0n) is 17.0. The van der Waals surface area contributed by atoms with E-state index in [1.54, 1.807) is 12.1 Å². The first-order chi connectivity index (χ1) is 14.7. The molecule has 0 saturated carbocycles. The molecule has 0 aliphatic rings. The Morgan fingerprint density at radius 2 is 1.67 bits per heavy atom. The van der Waals surface area contributed by atoms with Crippen LogP contribution in [0.5, 0.6) is 0 Å². The molecule has 3 nitrogen and oxygen atoms in total. The van der Waals surface area contributed by atoms with E-state index in [1.165, 1.54) is 12.1 Å². The van der Waals surface area contributed by atoms with Crippen molar-refractivity contribution >= 4 is 16.8 Å². The van der Waals surface area contributed by atoms with Crippen molar-refractivity contribution < 1.29 is 9.18 Å². The summed E-state index contributed by atoms with van der Waals surface area (Å²) in [6.45, 7) is 3.44. The number of halogens is 1. The first-order valence-electron chi connectivity index (χ1n) is 10.3. The summed E-state index contributed by atoms with van der Waals surface area (Å²) in [7, 11) is 0. The van der Waals surface area contributed by atoms with Crippen LogP contribution in [0.2, 0.25) is 0 Å². The van der Waals surface area contributed by atoms with Crippen LogP contribution in [0.1, 0.15) is 36.0 Å². The van der Waals surface area contributed by atoms with Crippen LogP contribution in [-0.4, -0.2) is 10.5 Å². The van der Waals surface area contributed by atoms with Crippen molar-refractivity contribution in [3.63, 3.8) is 0 Å². The Morgan fingerprint density at radius 3 is 2.40 bits per heavy atom. The highest BCUT2D eigenvalue weighted by molar-refractivity contribution is 5.86. The number of para-hydroxylation sites is 1. The monoisotopic (exact) mass is 400 g/mol. The van der Waals surface area contributed by atoms with Crippen LogP contribution >= 0.6 is 0 Å². The Hall–Kier alpha value is -3.40. The minimum atomic E-state index is -0.276. The molecule has 0 aliphatic carbocycles. The molecule has 1 N–H and O–H groups in total. The number of nitrogens with one attached hydrogen (secondary N) is 1. The maximum atomic E-state index is 13.6. The molecule has 3 aromatic carbocycles. The van der Waals surface area contributed by atoms with Crippen molar-refractivity contribution in [2.75, 3.05) is 0 Å². The summed E-state index contributed by atoms with van der Waals surface area (Å²) in [5.74, 6) is -0.456. The number of fused-ring (bicyclic) bond motifs is 1. The van der Waals surface area contributed by atoms with E-state index >= 15 is 0 Å². The highest BCUT2D eigenvalue weighted by atomic mass is 19.1. The SMILES string of the molecule is CCn1cc([C@@H](CC(=O)NCc2ccccc2)c2ccc(F)cc2)c2ccccc21. The van der Waals surface area contributed by atoms with E-state index in [-0.39, 0.29) is 17.6 Å². The van der Waals surface area contributed by atoms with Gasteiger partial charge in [0.25, 0.3) is 0 Å². The number of aromatic nitrogens is 1. The quantitative estimate of drug-likeness (QED) is 0.428. The molecule has 4 aromatic rings. The third-order valence-electron chi connectivity index (χ3n) is 5.53. The minimum absolute atomic E-state index is 0.0264. The fourth-order valence-corrected chi connectivity index (χ4v) is 3.97. The average Bonchev–Trinajstić information content (AvgIpc) is 3.16. The molecule has 4 rings (SSSR count). The molecule has 4 heteroatoms. The number of hydrogen-bond acceptors (Lipinski definition) is 1. The predicted octanol–water partition coefficient (Wildman–Crippen LogP) is 5.64. The Balaban J connectivity index is 1.65. The Bertz CT molecular complexity index is 1130. The molecule has 152 valence electrons. The van der Waals surface area contributed by atoms with E-state index in [0.29, 0.717) is 13.0 Å². The summed E-state index contributed by atoms with van der Waals surface area (Å²) >= 11 is 0. The maximum Gasteiger partial charge on any atom is 0.221 e. The number of amides is 1. The lowest BCUT2D eigenvalue weighted by Crippen LogP contribution is -2.25. The van der Waals surface area contributed by atoms with Gasteiger partial charge in [-0.05, 0) is 41.8 Å². The fourth-order valence-electron chi connectivity index (χ4n) is 3.97. The number of aryl methyl sites for hydroxylation is 1. The molecule has 1 amide bonds. The van der Waals surface area contributed by atoms with Crippen LogP contribution in [0.4, 0.5) is 4.39 Å². The summed E-state index contributed by atoms with van der Waals surface area (Å²) in [4.78, 5) is 12.9. The van der Waals surface area contributed by atoms with E-state index in [9.17, 15) is 9.18 Å². The first-order valence-corrected chi connectivity index (χ1v) is 10.3. The van der Waals surface area contributed by atoms with E-state index in [1.807, 2.05) is 42.5 Å². The van der Waals surface area contributed by atoms with Gasteiger partial charge < -0.3 is 9.88 Å². The molecule has 0 saturated heterocycles. The summed E-state index contributed by atoms with van der Waals surface area (Å²) < 4.78 is 15.7. The number of nitrogens with zero attached hydrogens (tertiary/aromatic N) is 1. The molecule has 1 heterocycles. The van der Waals surface area contributed by atoms with E-state index in [0.717, 1.165) is 34.1 Å². The Kier molecular flexibility index (Phi) is 5.94. The maximum absolute atomic E-state index is 13.6. The van der Waals surface area contributed by atoms with Gasteiger partial charge in [0, 0.05) is 42.5 Å². The van der Waals surface area contributed by atoms with Gasteiger partial charge in [0.1, 0.15) is 5.82 Å². The van der Waals surface area contributed by atoms with Gasteiger partial charge in [0.2, 0.25) is 5.91 Å². The zero-order chi connectivity index (χ0) is 20.9. The van der Waals surface area contributed by atoms with Gasteiger partial charge in [-0.15, -0.1) is 0 Å². The number of carbonyl (C=O) groups excluding carboxylic acids is 1. The zero-order valence-corrected chi connectivity index (χ0v) is 17.0. The van der Waals surface area contributed by atoms with Crippen LogP contribution in [-0.2, 0) is 17.9 Å². The minimum Gasteiger partial charge on any atom is -0.352 e. The third kappa shape index (κ3) is 4.28. The molecule has 0 unspecified atom stereocenters. The van der Waals surface area contributed by atoms with Gasteiger partial charge in [-0.3, -0.25) is 4.79 Å². The normalized spacial score (nSPS) is 12.1. The van der Waals surface area contributed by atoms with Crippen molar-refractivity contribution in [2.24, 2.45) is 0 Å². The number of benzene rings is 3. The summed E-state index contributed by atoms with van der Waals surface area (Å²) in [5.41, 5.74) is 4.23. The van der Waals surface area contributed by atoms with Crippen LogP contribution in [0, 0.1) is 5.82 Å². The molecular formula is C26H25FN2O. The fraction of sp³-hybridized carbons (Fsp3) is 0.192. The second-order valence-corrected chi connectivity index (χ2v) is 7.46. The predicted molar refractivity (Wildman–Crippen MR) is 119 cm³/mol. The van der Waals surface area contributed by atoms with E-state index in [2.05, 4.69) is 35.1 Å². The molecular weight excluding hydrogens is 375 g/mol. The molecule has 0 bridgehead atoms. The standard InChI is InChI=1S/C26H25FN2O/c1-2-29-18-24(22-10-6-7-11-25(22)29)23(20-12-14-21(27)15-13-20)16-26(30)28-17-19-8-4-3-5-9-19/h3-15,18,23H,2,16-17H2,1H3,(H,28,30)/t23-/m0/s1. The number of hydrogen-bond donors (Lipinski definition) is 1. The highest BCUT2D eigenvalue weighted by Gasteiger charge is 2.22. The van der Waals surface area contributed by atoms with Gasteiger partial charge in [-0.1, -0.05) is 60.7 Å². The lowest BCUT2D eigenvalue weighted by atomic mass is 9.88. The van der Waals surface area contributed by atoms with Gasteiger partial charge in [0.15, 0.2) is 0 Å². The molecule has 1 aromatic heterocycles. The first kappa shape index (κ1) is 19.9. The molecule has 30 heavy (non-hydrogen) atoms. The lowest BCUT2D eigenvalue weighted by Gasteiger charge is -2.17.